The first kappa shape index (κ1) is 20.6. The lowest BCUT2D eigenvalue weighted by Crippen LogP contribution is -2.34. The number of pyridine rings is 1. The fourth-order valence-electron chi connectivity index (χ4n) is 3.79. The zero-order valence-corrected chi connectivity index (χ0v) is 17.1. The monoisotopic (exact) mass is 419 g/mol. The molecule has 0 saturated carbocycles. The van der Waals surface area contributed by atoms with Crippen molar-refractivity contribution >= 4 is 28.7 Å². The second-order valence-corrected chi connectivity index (χ2v) is 7.56. The van der Waals surface area contributed by atoms with E-state index in [9.17, 15) is 14.4 Å². The van der Waals surface area contributed by atoms with Crippen molar-refractivity contribution in [1.29, 1.82) is 0 Å². The number of H-pyrrole nitrogens is 1. The van der Waals surface area contributed by atoms with Gasteiger partial charge in [0.1, 0.15) is 6.04 Å². The molecule has 0 radical (unpaired) electrons. The van der Waals surface area contributed by atoms with Crippen LogP contribution in [0.25, 0.3) is 10.9 Å². The third-order valence-corrected chi connectivity index (χ3v) is 5.48. The van der Waals surface area contributed by atoms with Crippen molar-refractivity contribution in [2.75, 3.05) is 13.1 Å². The molecule has 1 aliphatic heterocycles. The van der Waals surface area contributed by atoms with E-state index in [1.54, 1.807) is 6.20 Å². The minimum atomic E-state index is -0.656. The summed E-state index contributed by atoms with van der Waals surface area (Å²) in [5, 5.41) is 6.62. The number of para-hydroxylation sites is 1. The van der Waals surface area contributed by atoms with E-state index in [2.05, 4.69) is 20.6 Å². The molecule has 1 aliphatic rings. The molecule has 0 spiro atoms. The average molecular weight is 419 g/mol. The lowest BCUT2D eigenvalue weighted by Gasteiger charge is -2.12. The van der Waals surface area contributed by atoms with Crippen molar-refractivity contribution in [2.45, 2.75) is 31.7 Å². The highest BCUT2D eigenvalue weighted by Gasteiger charge is 2.37. The van der Waals surface area contributed by atoms with Gasteiger partial charge >= 0.3 is 6.03 Å². The number of benzene rings is 1. The van der Waals surface area contributed by atoms with Crippen molar-refractivity contribution in [1.82, 2.24) is 25.5 Å². The highest BCUT2D eigenvalue weighted by atomic mass is 16.2. The van der Waals surface area contributed by atoms with Crippen LogP contribution in [0.2, 0.25) is 0 Å². The van der Waals surface area contributed by atoms with Crippen LogP contribution in [0.1, 0.15) is 24.1 Å². The van der Waals surface area contributed by atoms with Crippen molar-refractivity contribution in [3.63, 3.8) is 0 Å². The van der Waals surface area contributed by atoms with E-state index in [4.69, 9.17) is 0 Å². The number of imide groups is 1. The second-order valence-electron chi connectivity index (χ2n) is 7.56. The fraction of sp³-hybridized carbons (Fsp3) is 0.304. The first-order chi connectivity index (χ1) is 15.1. The van der Waals surface area contributed by atoms with Gasteiger partial charge < -0.3 is 15.6 Å². The summed E-state index contributed by atoms with van der Waals surface area (Å²) in [6, 6.07) is 12.5. The number of rotatable bonds is 9. The standard InChI is InChI=1S/C23H25N5O3/c29-21(25-13-10-17-5-3-4-12-24-17)9-8-20-22(30)28(23(31)27-20)14-11-16-15-26-19-7-2-1-6-18(16)19/h1-7,12,15,20,26H,8-11,13-14H2,(H,25,29)(H,27,31)/t20-/m1/s1. The van der Waals surface area contributed by atoms with Gasteiger partial charge in [0.05, 0.1) is 0 Å². The van der Waals surface area contributed by atoms with Crippen LogP contribution in [-0.4, -0.2) is 51.8 Å². The zero-order valence-electron chi connectivity index (χ0n) is 17.1. The van der Waals surface area contributed by atoms with Crippen LogP contribution >= 0.6 is 0 Å². The molecule has 0 bridgehead atoms. The largest absolute Gasteiger partial charge is 0.361 e. The summed E-state index contributed by atoms with van der Waals surface area (Å²) in [5.74, 6) is -0.415. The first-order valence-corrected chi connectivity index (χ1v) is 10.5. The molecule has 3 aromatic rings. The molecule has 1 aromatic carbocycles. The van der Waals surface area contributed by atoms with Gasteiger partial charge in [0, 0.05) is 54.9 Å². The Morgan fingerprint density at radius 2 is 1.94 bits per heavy atom. The third-order valence-electron chi connectivity index (χ3n) is 5.48. The first-order valence-electron chi connectivity index (χ1n) is 10.5. The molecule has 0 unspecified atom stereocenters. The van der Waals surface area contributed by atoms with Crippen LogP contribution in [0.4, 0.5) is 4.79 Å². The summed E-state index contributed by atoms with van der Waals surface area (Å²) in [7, 11) is 0. The van der Waals surface area contributed by atoms with Gasteiger partial charge in [-0.05, 0) is 36.6 Å². The van der Waals surface area contributed by atoms with Crippen molar-refractivity contribution in [2.24, 2.45) is 0 Å². The summed E-state index contributed by atoms with van der Waals surface area (Å²) >= 11 is 0. The third kappa shape index (κ3) is 4.91. The fourth-order valence-corrected chi connectivity index (χ4v) is 3.79. The highest BCUT2D eigenvalue weighted by molar-refractivity contribution is 6.04. The smallest absolute Gasteiger partial charge is 0.324 e. The number of urea groups is 1. The molecular weight excluding hydrogens is 394 g/mol. The number of hydrogen-bond acceptors (Lipinski definition) is 4. The van der Waals surface area contributed by atoms with E-state index in [1.807, 2.05) is 48.7 Å². The van der Waals surface area contributed by atoms with Crippen molar-refractivity contribution in [3.8, 4) is 0 Å². The molecule has 8 heteroatoms. The van der Waals surface area contributed by atoms with E-state index in [-0.39, 0.29) is 24.7 Å². The molecule has 0 aliphatic carbocycles. The molecule has 1 saturated heterocycles. The molecule has 4 rings (SSSR count). The molecule has 1 fully saturated rings. The van der Waals surface area contributed by atoms with Gasteiger partial charge in [0.2, 0.25) is 5.91 Å². The molecule has 3 heterocycles. The lowest BCUT2D eigenvalue weighted by atomic mass is 10.1. The number of carbonyl (C=O) groups excluding carboxylic acids is 3. The molecule has 160 valence electrons. The van der Waals surface area contributed by atoms with E-state index in [0.29, 0.717) is 25.9 Å². The number of carbonyl (C=O) groups is 3. The maximum atomic E-state index is 12.6. The van der Waals surface area contributed by atoms with Crippen LogP contribution in [0.5, 0.6) is 0 Å². The van der Waals surface area contributed by atoms with Gasteiger partial charge in [-0.25, -0.2) is 4.79 Å². The maximum Gasteiger partial charge on any atom is 0.324 e. The quantitative estimate of drug-likeness (QED) is 0.462. The SMILES string of the molecule is O=C(CC[C@H]1NC(=O)N(CCc2c[nH]c3ccccc23)C1=O)NCCc1ccccn1. The summed E-state index contributed by atoms with van der Waals surface area (Å²) < 4.78 is 0. The predicted octanol–water partition coefficient (Wildman–Crippen LogP) is 2.16. The molecule has 31 heavy (non-hydrogen) atoms. The van der Waals surface area contributed by atoms with Crippen molar-refractivity contribution < 1.29 is 14.4 Å². The number of amides is 4. The minimum absolute atomic E-state index is 0.143. The Morgan fingerprint density at radius 3 is 2.77 bits per heavy atom. The van der Waals surface area contributed by atoms with Crippen LogP contribution in [0.3, 0.4) is 0 Å². The Kier molecular flexibility index (Phi) is 6.26. The van der Waals surface area contributed by atoms with Crippen molar-refractivity contribution in [3.05, 3.63) is 66.1 Å². The van der Waals surface area contributed by atoms with Gasteiger partial charge in [-0.3, -0.25) is 19.5 Å². The van der Waals surface area contributed by atoms with E-state index in [0.717, 1.165) is 22.2 Å². The van der Waals surface area contributed by atoms with E-state index >= 15 is 0 Å². The Bertz CT molecular complexity index is 1080. The van der Waals surface area contributed by atoms with Crippen LogP contribution < -0.4 is 10.6 Å². The van der Waals surface area contributed by atoms with Gasteiger partial charge in [-0.1, -0.05) is 24.3 Å². The lowest BCUT2D eigenvalue weighted by molar-refractivity contribution is -0.127. The summed E-state index contributed by atoms with van der Waals surface area (Å²) in [6.45, 7) is 0.789. The Labute approximate surface area is 180 Å². The molecule has 1 atom stereocenters. The number of hydrogen-bond donors (Lipinski definition) is 3. The second kappa shape index (κ2) is 9.42. The van der Waals surface area contributed by atoms with Gasteiger partial charge in [0.25, 0.3) is 5.91 Å². The number of aromatic amines is 1. The van der Waals surface area contributed by atoms with Crippen LogP contribution in [-0.2, 0) is 22.4 Å². The Hall–Kier alpha value is -3.68. The number of aromatic nitrogens is 2. The summed E-state index contributed by atoms with van der Waals surface area (Å²) in [5.41, 5.74) is 3.00. The van der Waals surface area contributed by atoms with E-state index in [1.165, 1.54) is 4.90 Å². The van der Waals surface area contributed by atoms with E-state index < -0.39 is 12.1 Å². The van der Waals surface area contributed by atoms with Gasteiger partial charge in [-0.2, -0.15) is 0 Å². The molecule has 2 aromatic heterocycles. The minimum Gasteiger partial charge on any atom is -0.361 e. The topological polar surface area (TPSA) is 107 Å². The van der Waals surface area contributed by atoms with Gasteiger partial charge in [-0.15, -0.1) is 0 Å². The Balaban J connectivity index is 1.23. The molecular formula is C23H25N5O3. The molecule has 4 amide bonds. The number of fused-ring (bicyclic) bond motifs is 1. The summed E-state index contributed by atoms with van der Waals surface area (Å²) in [6.07, 6.45) is 5.31. The number of nitrogens with one attached hydrogen (secondary N) is 3. The molecule has 3 N–H and O–H groups in total. The van der Waals surface area contributed by atoms with Crippen LogP contribution in [0, 0.1) is 0 Å². The number of nitrogens with zero attached hydrogens (tertiary/aromatic N) is 2. The average Bonchev–Trinajstić information content (AvgIpc) is 3.32. The summed E-state index contributed by atoms with van der Waals surface area (Å²) in [4.78, 5) is 45.7. The normalized spacial score (nSPS) is 16.0. The predicted molar refractivity (Wildman–Crippen MR) is 116 cm³/mol. The van der Waals surface area contributed by atoms with Gasteiger partial charge in [0.15, 0.2) is 0 Å². The highest BCUT2D eigenvalue weighted by Crippen LogP contribution is 2.19. The maximum absolute atomic E-state index is 12.6. The Morgan fingerprint density at radius 1 is 1.10 bits per heavy atom. The molecule has 8 nitrogen and oxygen atoms in total. The zero-order chi connectivity index (χ0) is 21.6. The van der Waals surface area contributed by atoms with Crippen LogP contribution in [0.15, 0.2) is 54.9 Å².